The molecule has 9 heteroatoms. The van der Waals surface area contributed by atoms with Gasteiger partial charge in [-0.1, -0.05) is 37.8 Å². The molecule has 168 valence electrons. The number of pyridine rings is 1. The quantitative estimate of drug-likeness (QED) is 0.290. The summed E-state index contributed by atoms with van der Waals surface area (Å²) in [5.41, 5.74) is 8.13. The second kappa shape index (κ2) is 11.4. The lowest BCUT2D eigenvalue weighted by Crippen LogP contribution is -2.16. The normalized spacial score (nSPS) is 14.0. The first-order valence-electron chi connectivity index (χ1n) is 9.94. The lowest BCUT2D eigenvalue weighted by molar-refractivity contribution is -0.141. The van der Waals surface area contributed by atoms with Crippen molar-refractivity contribution in [3.8, 4) is 11.1 Å². The zero-order valence-corrected chi connectivity index (χ0v) is 19.3. The average molecular weight is 547 g/mol. The lowest BCUT2D eigenvalue weighted by atomic mass is 9.87. The van der Waals surface area contributed by atoms with Crippen LogP contribution < -0.4 is 9.26 Å². The van der Waals surface area contributed by atoms with Crippen molar-refractivity contribution in [1.29, 1.82) is 0 Å². The van der Waals surface area contributed by atoms with E-state index in [1.165, 1.54) is 37.9 Å². The number of nitrogens with zero attached hydrogens (tertiary/aromatic N) is 1. The van der Waals surface area contributed by atoms with E-state index in [0.717, 1.165) is 29.2 Å². The lowest BCUT2D eigenvalue weighted by Gasteiger charge is -2.18. The third-order valence-corrected chi connectivity index (χ3v) is 5.71. The summed E-state index contributed by atoms with van der Waals surface area (Å²) in [6.07, 6.45) is 3.84. The van der Waals surface area contributed by atoms with Gasteiger partial charge in [-0.2, -0.15) is 13.2 Å². The van der Waals surface area contributed by atoms with Crippen molar-refractivity contribution in [3.05, 3.63) is 52.8 Å². The van der Waals surface area contributed by atoms with Crippen LogP contribution in [0.4, 0.5) is 13.2 Å². The highest BCUT2D eigenvalue weighted by molar-refractivity contribution is 14.1. The fourth-order valence-corrected chi connectivity index (χ4v) is 4.01. The number of nitrogens with two attached hydrogens (primary N) is 1. The smallest absolute Gasteiger partial charge is 0.366 e. The number of aryl methyl sites for hydroxylation is 1. The van der Waals surface area contributed by atoms with Gasteiger partial charge in [0.25, 0.3) is 0 Å². The highest BCUT2D eigenvalue weighted by atomic mass is 127. The molecule has 1 aliphatic carbocycles. The summed E-state index contributed by atoms with van der Waals surface area (Å²) < 4.78 is 40.7. The van der Waals surface area contributed by atoms with E-state index < -0.39 is 17.8 Å². The number of amides is 2. The molecule has 3 N–H and O–H groups in total. The third kappa shape index (κ3) is 6.91. The van der Waals surface area contributed by atoms with Crippen molar-refractivity contribution >= 4 is 35.2 Å². The van der Waals surface area contributed by atoms with Gasteiger partial charge in [0.2, 0.25) is 12.3 Å². The van der Waals surface area contributed by atoms with E-state index in [1.807, 2.05) is 6.92 Å². The van der Waals surface area contributed by atoms with E-state index in [9.17, 15) is 18.0 Å². The Balaban J connectivity index is 0.000000785. The van der Waals surface area contributed by atoms with Crippen molar-refractivity contribution < 1.29 is 22.8 Å². The van der Waals surface area contributed by atoms with Gasteiger partial charge >= 0.3 is 6.18 Å². The van der Waals surface area contributed by atoms with Gasteiger partial charge in [-0.05, 0) is 54.5 Å². The molecule has 2 amide bonds. The molecule has 0 atom stereocenters. The van der Waals surface area contributed by atoms with Crippen LogP contribution in [0.25, 0.3) is 11.1 Å². The largest absolute Gasteiger partial charge is 0.433 e. The van der Waals surface area contributed by atoms with Crippen LogP contribution in [0.15, 0.2) is 30.5 Å². The Bertz CT molecular complexity index is 896. The van der Waals surface area contributed by atoms with Crippen LogP contribution in [0.2, 0.25) is 0 Å². The number of carbonyl (C=O) groups is 2. The summed E-state index contributed by atoms with van der Waals surface area (Å²) in [5.74, 6) is 0.113. The Labute approximate surface area is 193 Å². The van der Waals surface area contributed by atoms with Crippen molar-refractivity contribution in [2.75, 3.05) is 0 Å². The predicted octanol–water partition coefficient (Wildman–Crippen LogP) is 5.38. The predicted molar refractivity (Wildman–Crippen MR) is 121 cm³/mol. The Hall–Kier alpha value is -2.17. The molecular formula is C22H25F3IN3O2. The van der Waals surface area contributed by atoms with Gasteiger partial charge in [-0.3, -0.25) is 14.6 Å². The van der Waals surface area contributed by atoms with Crippen LogP contribution in [-0.2, 0) is 17.4 Å². The van der Waals surface area contributed by atoms with Crippen molar-refractivity contribution in [2.24, 2.45) is 11.7 Å². The SMILES string of the molecule is Cc1ccc(C(N)=O)c(CCC2CCCC2)c1-c1ccc(C(F)(F)F)nc1.O=CNI. The second-order valence-electron chi connectivity index (χ2n) is 7.49. The molecule has 1 aromatic carbocycles. The maximum Gasteiger partial charge on any atom is 0.433 e. The van der Waals surface area contributed by atoms with Gasteiger partial charge < -0.3 is 9.26 Å². The van der Waals surface area contributed by atoms with E-state index in [4.69, 9.17) is 10.5 Å². The summed E-state index contributed by atoms with van der Waals surface area (Å²) in [4.78, 5) is 24.6. The molecule has 1 saturated carbocycles. The highest BCUT2D eigenvalue weighted by Crippen LogP contribution is 2.35. The summed E-state index contributed by atoms with van der Waals surface area (Å²) in [6.45, 7) is 1.89. The van der Waals surface area contributed by atoms with Crippen LogP contribution in [0.5, 0.6) is 0 Å². The standard InChI is InChI=1S/C21H23F3N2O.CH2INO/c1-13-6-9-17(20(25)27)16(10-7-14-4-2-3-5-14)19(13)15-8-11-18(26-12-15)21(22,23)24;2-3-1-4/h6,8-9,11-12,14H,2-5,7,10H2,1H3,(H2,25,27);1H,(H,3,4). The van der Waals surface area contributed by atoms with Crippen LogP contribution in [0.1, 0.15) is 59.3 Å². The maximum absolute atomic E-state index is 12.8. The number of hydrogen-bond acceptors (Lipinski definition) is 3. The molecule has 1 fully saturated rings. The third-order valence-electron chi connectivity index (χ3n) is 5.45. The number of benzene rings is 1. The first-order chi connectivity index (χ1) is 14.7. The average Bonchev–Trinajstić information content (AvgIpc) is 3.25. The Morgan fingerprint density at radius 3 is 2.39 bits per heavy atom. The van der Waals surface area contributed by atoms with Gasteiger partial charge in [0, 0.05) is 17.3 Å². The van der Waals surface area contributed by atoms with E-state index in [1.54, 1.807) is 35.0 Å². The Morgan fingerprint density at radius 1 is 1.26 bits per heavy atom. The fraction of sp³-hybridized carbons (Fsp3) is 0.409. The highest BCUT2D eigenvalue weighted by Gasteiger charge is 2.32. The molecule has 0 bridgehead atoms. The molecule has 1 aromatic heterocycles. The Kier molecular flexibility index (Phi) is 9.27. The number of hydrogen-bond donors (Lipinski definition) is 2. The maximum atomic E-state index is 12.8. The van der Waals surface area contributed by atoms with Crippen LogP contribution in [0.3, 0.4) is 0 Å². The number of rotatable bonds is 6. The Morgan fingerprint density at radius 2 is 1.90 bits per heavy atom. The summed E-state index contributed by atoms with van der Waals surface area (Å²) in [5, 5.41) is 0. The van der Waals surface area contributed by atoms with E-state index in [0.29, 0.717) is 29.9 Å². The first kappa shape index (κ1) is 25.1. The molecule has 2 aromatic rings. The molecule has 0 radical (unpaired) electrons. The number of carbonyl (C=O) groups excluding carboxylic acids is 2. The number of primary amides is 1. The fourth-order valence-electron chi connectivity index (χ4n) is 4.01. The van der Waals surface area contributed by atoms with Gasteiger partial charge in [0.1, 0.15) is 5.69 Å². The summed E-state index contributed by atoms with van der Waals surface area (Å²) in [7, 11) is 0. The molecule has 3 rings (SSSR count). The van der Waals surface area contributed by atoms with Gasteiger partial charge in [0.05, 0.1) is 22.9 Å². The molecule has 0 spiro atoms. The monoisotopic (exact) mass is 547 g/mol. The summed E-state index contributed by atoms with van der Waals surface area (Å²) >= 11 is 1.73. The molecular weight excluding hydrogens is 522 g/mol. The van der Waals surface area contributed by atoms with Gasteiger partial charge in [-0.25, -0.2) is 0 Å². The van der Waals surface area contributed by atoms with E-state index in [2.05, 4.69) is 8.51 Å². The minimum Gasteiger partial charge on any atom is -0.366 e. The van der Waals surface area contributed by atoms with Crippen LogP contribution in [-0.4, -0.2) is 17.3 Å². The molecule has 0 unspecified atom stereocenters. The van der Waals surface area contributed by atoms with Crippen LogP contribution >= 0.6 is 22.9 Å². The molecule has 0 aliphatic heterocycles. The van der Waals surface area contributed by atoms with Crippen molar-refractivity contribution in [2.45, 2.75) is 51.6 Å². The molecule has 1 heterocycles. The zero-order chi connectivity index (χ0) is 23.0. The molecule has 5 nitrogen and oxygen atoms in total. The minimum absolute atomic E-state index is 0.438. The number of nitrogens with one attached hydrogen (secondary N) is 1. The zero-order valence-electron chi connectivity index (χ0n) is 17.1. The minimum atomic E-state index is -4.48. The second-order valence-corrected chi connectivity index (χ2v) is 8.12. The van der Waals surface area contributed by atoms with Crippen molar-refractivity contribution in [1.82, 2.24) is 8.51 Å². The number of aromatic nitrogens is 1. The van der Waals surface area contributed by atoms with E-state index >= 15 is 0 Å². The van der Waals surface area contributed by atoms with Crippen LogP contribution in [0, 0.1) is 12.8 Å². The molecule has 0 saturated heterocycles. The molecule has 31 heavy (non-hydrogen) atoms. The van der Waals surface area contributed by atoms with Crippen molar-refractivity contribution in [3.63, 3.8) is 0 Å². The summed E-state index contributed by atoms with van der Waals surface area (Å²) in [6, 6.07) is 5.89. The topological polar surface area (TPSA) is 85.1 Å². The van der Waals surface area contributed by atoms with Gasteiger partial charge in [0.15, 0.2) is 0 Å². The number of alkyl halides is 3. The van der Waals surface area contributed by atoms with Gasteiger partial charge in [-0.15, -0.1) is 0 Å². The first-order valence-corrected chi connectivity index (χ1v) is 11.0. The molecule has 1 aliphatic rings. The number of halogens is 4. The van der Waals surface area contributed by atoms with E-state index in [-0.39, 0.29) is 0 Å².